The van der Waals surface area contributed by atoms with Crippen LogP contribution in [0.2, 0.25) is 0 Å². The molecule has 5 atom stereocenters. The van der Waals surface area contributed by atoms with Gasteiger partial charge in [-0.3, -0.25) is 0 Å². The lowest BCUT2D eigenvalue weighted by Gasteiger charge is -2.21. The van der Waals surface area contributed by atoms with Crippen LogP contribution in [0.5, 0.6) is 0 Å². The summed E-state index contributed by atoms with van der Waals surface area (Å²) in [7, 11) is 1.90. The first kappa shape index (κ1) is 12.8. The van der Waals surface area contributed by atoms with Crippen LogP contribution in [-0.2, 0) is 0 Å². The fourth-order valence-corrected chi connectivity index (χ4v) is 5.31. The Morgan fingerprint density at radius 2 is 1.75 bits per heavy atom. The average molecular weight is 277 g/mol. The van der Waals surface area contributed by atoms with Crippen molar-refractivity contribution in [3.05, 3.63) is 34.9 Å². The van der Waals surface area contributed by atoms with Gasteiger partial charge in [-0.15, -0.1) is 0 Å². The van der Waals surface area contributed by atoms with E-state index in [1.807, 2.05) is 7.05 Å². The van der Waals surface area contributed by atoms with E-state index in [0.29, 0.717) is 17.0 Å². The van der Waals surface area contributed by atoms with Gasteiger partial charge in [0.15, 0.2) is 0 Å². The largest absolute Gasteiger partial charge is 0.313 e. The van der Waals surface area contributed by atoms with Gasteiger partial charge in [-0.1, -0.05) is 0 Å². The van der Waals surface area contributed by atoms with Gasteiger partial charge < -0.3 is 5.32 Å². The lowest BCUT2D eigenvalue weighted by atomic mass is 9.92. The molecule has 0 spiro atoms. The molecule has 2 bridgehead atoms. The molecule has 3 saturated carbocycles. The van der Waals surface area contributed by atoms with Crippen molar-refractivity contribution in [1.29, 1.82) is 0 Å². The fourth-order valence-electron chi connectivity index (χ4n) is 5.31. The van der Waals surface area contributed by atoms with Crippen LogP contribution >= 0.6 is 0 Å². The zero-order chi connectivity index (χ0) is 14.0. The van der Waals surface area contributed by atoms with E-state index in [2.05, 4.69) is 5.32 Å². The summed E-state index contributed by atoms with van der Waals surface area (Å²) in [6.45, 7) is 1.71. The van der Waals surface area contributed by atoms with E-state index in [-0.39, 0.29) is 6.04 Å². The van der Waals surface area contributed by atoms with Crippen LogP contribution in [0.25, 0.3) is 0 Å². The normalized spacial score (nSPS) is 38.9. The van der Waals surface area contributed by atoms with Crippen molar-refractivity contribution in [3.63, 3.8) is 0 Å². The molecule has 1 nitrogen and oxygen atoms in total. The van der Waals surface area contributed by atoms with Crippen LogP contribution in [0.1, 0.15) is 36.4 Å². The number of benzene rings is 1. The van der Waals surface area contributed by atoms with E-state index in [9.17, 15) is 8.78 Å². The van der Waals surface area contributed by atoms with Gasteiger partial charge in [0.05, 0.1) is 0 Å². The van der Waals surface area contributed by atoms with Gasteiger partial charge >= 0.3 is 0 Å². The third kappa shape index (κ3) is 1.62. The number of aryl methyl sites for hydroxylation is 1. The molecule has 0 aliphatic heterocycles. The number of fused-ring (bicyclic) bond motifs is 5. The van der Waals surface area contributed by atoms with Gasteiger partial charge in [-0.2, -0.15) is 0 Å². The molecule has 20 heavy (non-hydrogen) atoms. The van der Waals surface area contributed by atoms with E-state index < -0.39 is 11.6 Å². The third-order valence-electron chi connectivity index (χ3n) is 6.10. The predicted octanol–water partition coefficient (Wildman–Crippen LogP) is 3.83. The Morgan fingerprint density at radius 3 is 2.35 bits per heavy atom. The van der Waals surface area contributed by atoms with E-state index in [4.69, 9.17) is 0 Å². The number of rotatable bonds is 3. The van der Waals surface area contributed by atoms with E-state index in [1.54, 1.807) is 13.0 Å². The Balaban J connectivity index is 1.65. The van der Waals surface area contributed by atoms with Gasteiger partial charge in [-0.25, -0.2) is 8.78 Å². The summed E-state index contributed by atoms with van der Waals surface area (Å²) in [6.07, 6.45) is 4.13. The first-order valence-electron chi connectivity index (χ1n) is 7.74. The SMILES string of the molecule is CNC(c1cc(C)c(F)cc1F)C1C2C3CCC(C3)C21. The molecule has 108 valence electrons. The summed E-state index contributed by atoms with van der Waals surface area (Å²) >= 11 is 0. The highest BCUT2D eigenvalue weighted by atomic mass is 19.1. The molecule has 1 aromatic rings. The number of hydrogen-bond acceptors (Lipinski definition) is 1. The second-order valence-electron chi connectivity index (χ2n) is 6.95. The highest BCUT2D eigenvalue weighted by Gasteiger charge is 2.66. The van der Waals surface area contributed by atoms with Crippen molar-refractivity contribution >= 4 is 0 Å². The van der Waals surface area contributed by atoms with Crippen molar-refractivity contribution in [3.8, 4) is 0 Å². The molecular formula is C17H21F2N. The lowest BCUT2D eigenvalue weighted by molar-refractivity contribution is 0.376. The standard InChI is InChI=1S/C17H21F2N/c1-8-5-11(13(19)7-12(8)18)17(20-2)16-14-9-3-4-10(6-9)15(14)16/h5,7,9-10,14-17,20H,3-4,6H2,1-2H3. The second kappa shape index (κ2) is 4.27. The Labute approximate surface area is 118 Å². The summed E-state index contributed by atoms with van der Waals surface area (Å²) in [5, 5.41) is 3.30. The van der Waals surface area contributed by atoms with E-state index in [1.165, 1.54) is 19.3 Å². The highest BCUT2D eigenvalue weighted by Crippen LogP contribution is 2.72. The molecule has 3 aliphatic rings. The average Bonchev–Trinajstić information content (AvgIpc) is 2.84. The third-order valence-corrected chi connectivity index (χ3v) is 6.10. The molecule has 5 unspecified atom stereocenters. The first-order valence-corrected chi connectivity index (χ1v) is 7.74. The number of halogens is 2. The second-order valence-corrected chi connectivity index (χ2v) is 6.95. The van der Waals surface area contributed by atoms with Gasteiger partial charge in [0.2, 0.25) is 0 Å². The lowest BCUT2D eigenvalue weighted by Crippen LogP contribution is -2.23. The minimum atomic E-state index is -0.447. The molecule has 0 heterocycles. The number of nitrogens with one attached hydrogen (secondary N) is 1. The van der Waals surface area contributed by atoms with Gasteiger partial charge in [0.1, 0.15) is 11.6 Å². The molecule has 4 rings (SSSR count). The minimum absolute atomic E-state index is 0.0488. The van der Waals surface area contributed by atoms with Crippen LogP contribution in [0.4, 0.5) is 8.78 Å². The Morgan fingerprint density at radius 1 is 1.10 bits per heavy atom. The Hall–Kier alpha value is -0.960. The molecule has 0 saturated heterocycles. The van der Waals surface area contributed by atoms with Crippen molar-refractivity contribution in [2.24, 2.45) is 29.6 Å². The zero-order valence-electron chi connectivity index (χ0n) is 12.0. The van der Waals surface area contributed by atoms with Gasteiger partial charge in [0, 0.05) is 17.7 Å². The molecular weight excluding hydrogens is 256 g/mol. The molecule has 1 N–H and O–H groups in total. The minimum Gasteiger partial charge on any atom is -0.313 e. The van der Waals surface area contributed by atoms with Crippen molar-refractivity contribution in [2.75, 3.05) is 7.05 Å². The molecule has 3 fully saturated rings. The summed E-state index contributed by atoms with van der Waals surface area (Å²) < 4.78 is 27.6. The molecule has 0 amide bonds. The van der Waals surface area contributed by atoms with Crippen LogP contribution in [0.3, 0.4) is 0 Å². The summed E-state index contributed by atoms with van der Waals surface area (Å²) in [4.78, 5) is 0. The maximum Gasteiger partial charge on any atom is 0.130 e. The highest BCUT2D eigenvalue weighted by molar-refractivity contribution is 5.31. The predicted molar refractivity (Wildman–Crippen MR) is 74.2 cm³/mol. The van der Waals surface area contributed by atoms with Crippen LogP contribution in [0.15, 0.2) is 12.1 Å². The summed E-state index contributed by atoms with van der Waals surface area (Å²) in [6, 6.07) is 2.79. The van der Waals surface area contributed by atoms with Gasteiger partial charge in [-0.05, 0) is 74.5 Å². The monoisotopic (exact) mass is 277 g/mol. The van der Waals surface area contributed by atoms with Crippen molar-refractivity contribution < 1.29 is 8.78 Å². The van der Waals surface area contributed by atoms with Crippen molar-refractivity contribution in [2.45, 2.75) is 32.2 Å². The molecule has 3 aliphatic carbocycles. The molecule has 3 heteroatoms. The Bertz CT molecular complexity index is 540. The van der Waals surface area contributed by atoms with Crippen molar-refractivity contribution in [1.82, 2.24) is 5.32 Å². The van der Waals surface area contributed by atoms with Crippen LogP contribution in [-0.4, -0.2) is 7.05 Å². The van der Waals surface area contributed by atoms with E-state index in [0.717, 1.165) is 29.7 Å². The van der Waals surface area contributed by atoms with E-state index >= 15 is 0 Å². The number of hydrogen-bond donors (Lipinski definition) is 1. The topological polar surface area (TPSA) is 12.0 Å². The Kier molecular flexibility index (Phi) is 2.72. The van der Waals surface area contributed by atoms with Gasteiger partial charge in [0.25, 0.3) is 0 Å². The summed E-state index contributed by atoms with van der Waals surface area (Å²) in [5.41, 5.74) is 1.20. The zero-order valence-corrected chi connectivity index (χ0v) is 12.0. The summed E-state index contributed by atoms with van der Waals surface area (Å²) in [5.74, 6) is 3.03. The molecule has 0 aromatic heterocycles. The maximum absolute atomic E-state index is 14.2. The smallest absolute Gasteiger partial charge is 0.130 e. The van der Waals surface area contributed by atoms with Crippen LogP contribution < -0.4 is 5.32 Å². The quantitative estimate of drug-likeness (QED) is 0.885. The first-order chi connectivity index (χ1) is 9.61. The fraction of sp³-hybridized carbons (Fsp3) is 0.647. The maximum atomic E-state index is 14.2. The van der Waals surface area contributed by atoms with Crippen LogP contribution in [0, 0.1) is 48.1 Å². The molecule has 1 aromatic carbocycles. The molecule has 0 radical (unpaired) electrons.